The molecule has 0 bridgehead atoms. The van der Waals surface area contributed by atoms with Crippen molar-refractivity contribution < 1.29 is 18.8 Å². The summed E-state index contributed by atoms with van der Waals surface area (Å²) in [4.78, 5) is 2.54. The quantitative estimate of drug-likeness (QED) is 0.385. The Labute approximate surface area is 202 Å². The minimum atomic E-state index is -0.359. The number of benzene rings is 1. The first-order valence-corrected chi connectivity index (χ1v) is 12.8. The summed E-state index contributed by atoms with van der Waals surface area (Å²) < 4.78 is 25.1. The van der Waals surface area contributed by atoms with Gasteiger partial charge >= 0.3 is 7.12 Å². The first kappa shape index (κ1) is 26.5. The number of hydrogen-bond acceptors (Lipinski definition) is 5. The van der Waals surface area contributed by atoms with Crippen LogP contribution in [0.5, 0.6) is 5.75 Å². The summed E-state index contributed by atoms with van der Waals surface area (Å²) >= 11 is 0. The molecular weight excluding hydrogens is 413 g/mol. The van der Waals surface area contributed by atoms with E-state index in [0.717, 1.165) is 55.7 Å². The first-order chi connectivity index (χ1) is 15.3. The van der Waals surface area contributed by atoms with E-state index in [1.54, 1.807) is 0 Å². The number of nitrogens with zero attached hydrogens (tertiary/aromatic N) is 1. The Morgan fingerprint density at radius 3 is 2.27 bits per heavy atom. The second-order valence-corrected chi connectivity index (χ2v) is 11.7. The molecule has 1 aromatic rings. The van der Waals surface area contributed by atoms with Crippen LogP contribution in [0.15, 0.2) is 18.2 Å². The molecule has 5 nitrogen and oxygen atoms in total. The van der Waals surface area contributed by atoms with Crippen LogP contribution in [-0.4, -0.2) is 61.2 Å². The zero-order valence-corrected chi connectivity index (χ0v) is 22.5. The van der Waals surface area contributed by atoms with Gasteiger partial charge in [-0.25, -0.2) is 0 Å². The Bertz CT molecular complexity index is 768. The third kappa shape index (κ3) is 6.33. The smallest absolute Gasteiger partial charge is 0.493 e. The standard InChI is InChI=1S/C27H46BNO4/c1-20(2)25(4,5)31-22-14-17-29(18-15-22)16-11-19-30-24-13-10-12-23(21(24)3)28-32-26(6,7)27(8,9)33-28/h10,12-13,20,22H,11,14-19H2,1-9H3. The van der Waals surface area contributed by atoms with Gasteiger partial charge in [0.15, 0.2) is 0 Å². The van der Waals surface area contributed by atoms with Crippen molar-refractivity contribution in [3.05, 3.63) is 23.8 Å². The highest BCUT2D eigenvalue weighted by Gasteiger charge is 2.52. The second-order valence-electron chi connectivity index (χ2n) is 11.7. The molecule has 186 valence electrons. The number of hydrogen-bond donors (Lipinski definition) is 0. The average Bonchev–Trinajstić information content (AvgIpc) is 2.94. The van der Waals surface area contributed by atoms with Gasteiger partial charge < -0.3 is 23.7 Å². The summed E-state index contributed by atoms with van der Waals surface area (Å²) in [6.07, 6.45) is 3.64. The van der Waals surface area contributed by atoms with Crippen molar-refractivity contribution >= 4 is 12.6 Å². The molecule has 2 aliphatic heterocycles. The van der Waals surface area contributed by atoms with E-state index in [1.807, 2.05) is 12.1 Å². The molecule has 3 rings (SSSR count). The molecule has 0 amide bonds. The molecule has 2 aliphatic rings. The molecule has 0 unspecified atom stereocenters. The predicted molar refractivity (Wildman–Crippen MR) is 136 cm³/mol. The fourth-order valence-corrected chi connectivity index (χ4v) is 4.30. The summed E-state index contributed by atoms with van der Waals surface area (Å²) in [5, 5.41) is 0. The van der Waals surface area contributed by atoms with Gasteiger partial charge in [-0.15, -0.1) is 0 Å². The van der Waals surface area contributed by atoms with Gasteiger partial charge in [-0.1, -0.05) is 26.0 Å². The SMILES string of the molecule is Cc1c(OCCCN2CCC(OC(C)(C)C(C)C)CC2)cccc1B1OC(C)(C)C(C)(C)O1. The second kappa shape index (κ2) is 10.3. The Kier molecular flexibility index (Phi) is 8.26. The summed E-state index contributed by atoms with van der Waals surface area (Å²) in [5.74, 6) is 1.45. The maximum Gasteiger partial charge on any atom is 0.495 e. The molecule has 6 heteroatoms. The molecule has 0 radical (unpaired) electrons. The summed E-state index contributed by atoms with van der Waals surface area (Å²) in [6.45, 7) is 23.3. The van der Waals surface area contributed by atoms with E-state index in [-0.39, 0.29) is 23.9 Å². The van der Waals surface area contributed by atoms with Gasteiger partial charge in [0.2, 0.25) is 0 Å². The highest BCUT2D eigenvalue weighted by atomic mass is 16.7. The fraction of sp³-hybridized carbons (Fsp3) is 0.778. The molecule has 1 aromatic carbocycles. The van der Waals surface area contributed by atoms with Gasteiger partial charge in [0.25, 0.3) is 0 Å². The molecule has 0 aliphatic carbocycles. The number of likely N-dealkylation sites (tertiary alicyclic amines) is 1. The summed E-state index contributed by atoms with van der Waals surface area (Å²) in [5.41, 5.74) is 1.42. The maximum atomic E-state index is 6.39. The minimum Gasteiger partial charge on any atom is -0.493 e. The first-order valence-electron chi connectivity index (χ1n) is 12.8. The van der Waals surface area contributed by atoms with Crippen molar-refractivity contribution in [2.24, 2.45) is 5.92 Å². The van der Waals surface area contributed by atoms with Crippen LogP contribution in [0.4, 0.5) is 0 Å². The summed E-state index contributed by atoms with van der Waals surface area (Å²) in [7, 11) is -0.359. The molecule has 33 heavy (non-hydrogen) atoms. The van der Waals surface area contributed by atoms with E-state index in [1.165, 1.54) is 0 Å². The Morgan fingerprint density at radius 1 is 1.09 bits per heavy atom. The van der Waals surface area contributed by atoms with Crippen LogP contribution in [0.2, 0.25) is 0 Å². The minimum absolute atomic E-state index is 0.0485. The van der Waals surface area contributed by atoms with Crippen molar-refractivity contribution in [2.75, 3.05) is 26.2 Å². The average molecular weight is 459 g/mol. The van der Waals surface area contributed by atoms with Crippen molar-refractivity contribution in [1.82, 2.24) is 4.90 Å². The lowest BCUT2D eigenvalue weighted by Crippen LogP contribution is -2.43. The number of ether oxygens (including phenoxy) is 2. The number of rotatable bonds is 9. The van der Waals surface area contributed by atoms with Crippen LogP contribution in [-0.2, 0) is 14.0 Å². The van der Waals surface area contributed by atoms with E-state index in [4.69, 9.17) is 18.8 Å². The fourth-order valence-electron chi connectivity index (χ4n) is 4.30. The summed E-state index contributed by atoms with van der Waals surface area (Å²) in [6, 6.07) is 6.16. The Balaban J connectivity index is 1.44. The van der Waals surface area contributed by atoms with Gasteiger partial charge in [-0.05, 0) is 90.7 Å². The Hall–Kier alpha value is -1.08. The van der Waals surface area contributed by atoms with Gasteiger partial charge in [0, 0.05) is 19.6 Å². The maximum absolute atomic E-state index is 6.39. The highest BCUT2D eigenvalue weighted by molar-refractivity contribution is 6.62. The third-order valence-corrected chi connectivity index (χ3v) is 8.10. The lowest BCUT2D eigenvalue weighted by Gasteiger charge is -2.38. The van der Waals surface area contributed by atoms with Crippen molar-refractivity contribution in [3.8, 4) is 5.75 Å². The van der Waals surface area contributed by atoms with Crippen molar-refractivity contribution in [1.29, 1.82) is 0 Å². The van der Waals surface area contributed by atoms with Gasteiger partial charge in [-0.2, -0.15) is 0 Å². The molecule has 0 N–H and O–H groups in total. The van der Waals surface area contributed by atoms with E-state index >= 15 is 0 Å². The van der Waals surface area contributed by atoms with E-state index in [9.17, 15) is 0 Å². The lowest BCUT2D eigenvalue weighted by molar-refractivity contribution is -0.115. The largest absolute Gasteiger partial charge is 0.495 e. The molecule has 0 atom stereocenters. The molecule has 2 saturated heterocycles. The number of piperidine rings is 1. The van der Waals surface area contributed by atoms with Crippen molar-refractivity contribution in [2.45, 2.75) is 104 Å². The van der Waals surface area contributed by atoms with Gasteiger partial charge in [0.05, 0.1) is 29.5 Å². The Morgan fingerprint density at radius 2 is 1.70 bits per heavy atom. The molecular formula is C27H46BNO4. The molecule has 2 fully saturated rings. The van der Waals surface area contributed by atoms with Crippen LogP contribution in [0, 0.1) is 12.8 Å². The van der Waals surface area contributed by atoms with E-state index in [2.05, 4.69) is 73.3 Å². The topological polar surface area (TPSA) is 40.2 Å². The molecule has 2 heterocycles. The zero-order chi connectivity index (χ0) is 24.4. The molecule has 0 spiro atoms. The van der Waals surface area contributed by atoms with Crippen LogP contribution < -0.4 is 10.2 Å². The van der Waals surface area contributed by atoms with Gasteiger partial charge in [0.1, 0.15) is 5.75 Å². The third-order valence-electron chi connectivity index (χ3n) is 8.10. The predicted octanol–water partition coefficient (Wildman–Crippen LogP) is 4.98. The van der Waals surface area contributed by atoms with Crippen LogP contribution in [0.25, 0.3) is 0 Å². The zero-order valence-electron chi connectivity index (χ0n) is 22.5. The van der Waals surface area contributed by atoms with E-state index in [0.29, 0.717) is 18.6 Å². The van der Waals surface area contributed by atoms with Gasteiger partial charge in [-0.3, -0.25) is 0 Å². The monoisotopic (exact) mass is 459 g/mol. The highest BCUT2D eigenvalue weighted by Crippen LogP contribution is 2.37. The van der Waals surface area contributed by atoms with Crippen LogP contribution in [0.1, 0.15) is 80.2 Å². The normalized spacial score (nSPS) is 21.7. The lowest BCUT2D eigenvalue weighted by atomic mass is 9.76. The van der Waals surface area contributed by atoms with E-state index < -0.39 is 0 Å². The van der Waals surface area contributed by atoms with Crippen LogP contribution >= 0.6 is 0 Å². The van der Waals surface area contributed by atoms with Crippen LogP contribution in [0.3, 0.4) is 0 Å². The molecule has 0 aromatic heterocycles. The van der Waals surface area contributed by atoms with Crippen molar-refractivity contribution in [3.63, 3.8) is 0 Å². The molecule has 0 saturated carbocycles.